The minimum atomic E-state index is -0.0887. The van der Waals surface area contributed by atoms with Gasteiger partial charge in [0.05, 0.1) is 6.61 Å². The van der Waals surface area contributed by atoms with Crippen molar-refractivity contribution in [2.75, 3.05) is 11.4 Å². The van der Waals surface area contributed by atoms with E-state index in [1.54, 1.807) is 0 Å². The molecule has 94 valence electrons. The van der Waals surface area contributed by atoms with Crippen LogP contribution in [0.2, 0.25) is 0 Å². The van der Waals surface area contributed by atoms with Crippen molar-refractivity contribution in [3.8, 4) is 0 Å². The molecule has 0 saturated heterocycles. The summed E-state index contributed by atoms with van der Waals surface area (Å²) in [5.41, 5.74) is 3.04. The van der Waals surface area contributed by atoms with Gasteiger partial charge in [0.1, 0.15) is 12.0 Å². The molecule has 1 N–H and O–H groups in total. The molecule has 0 amide bonds. The third-order valence-electron chi connectivity index (χ3n) is 3.28. The fourth-order valence-corrected chi connectivity index (χ4v) is 2.47. The number of hydrogen-bond acceptors (Lipinski definition) is 4. The molecule has 4 nitrogen and oxygen atoms in total. The lowest BCUT2D eigenvalue weighted by Crippen LogP contribution is -2.30. The molecule has 1 unspecified atom stereocenters. The molecule has 1 aromatic carbocycles. The summed E-state index contributed by atoms with van der Waals surface area (Å²) in [6, 6.07) is 8.89. The number of fused-ring (bicyclic) bond motifs is 1. The average Bonchev–Trinajstić information content (AvgIpc) is 2.86. The molecular weight excluding hydrogens is 228 g/mol. The van der Waals surface area contributed by atoms with Crippen molar-refractivity contribution in [1.82, 2.24) is 4.98 Å². The van der Waals surface area contributed by atoms with Gasteiger partial charge in [-0.2, -0.15) is 4.98 Å². The van der Waals surface area contributed by atoms with Crippen molar-refractivity contribution in [2.45, 2.75) is 20.0 Å². The van der Waals surface area contributed by atoms with Gasteiger partial charge in [0.2, 0.25) is 0 Å². The highest BCUT2D eigenvalue weighted by Crippen LogP contribution is 2.34. The van der Waals surface area contributed by atoms with Crippen LogP contribution in [0, 0.1) is 5.92 Å². The van der Waals surface area contributed by atoms with E-state index in [0.717, 1.165) is 18.7 Å². The number of hydrogen-bond donors (Lipinski definition) is 1. The van der Waals surface area contributed by atoms with Crippen LogP contribution in [0.25, 0.3) is 0 Å². The molecule has 1 aromatic heterocycles. The summed E-state index contributed by atoms with van der Waals surface area (Å²) >= 11 is 0. The average molecular weight is 244 g/mol. The summed E-state index contributed by atoms with van der Waals surface area (Å²) in [6.07, 6.45) is 2.59. The number of anilines is 2. The highest BCUT2D eigenvalue weighted by molar-refractivity contribution is 5.62. The van der Waals surface area contributed by atoms with Gasteiger partial charge in [-0.05, 0) is 24.0 Å². The maximum atomic E-state index is 9.06. The summed E-state index contributed by atoms with van der Waals surface area (Å²) in [5.74, 6) is 0.560. The molecule has 0 saturated carbocycles. The van der Waals surface area contributed by atoms with Gasteiger partial charge in [0, 0.05) is 12.2 Å². The van der Waals surface area contributed by atoms with Crippen molar-refractivity contribution in [3.05, 3.63) is 41.8 Å². The zero-order chi connectivity index (χ0) is 12.5. The fourth-order valence-electron chi connectivity index (χ4n) is 2.47. The van der Waals surface area contributed by atoms with E-state index in [2.05, 4.69) is 35.0 Å². The Morgan fingerprint density at radius 2 is 2.28 bits per heavy atom. The summed E-state index contributed by atoms with van der Waals surface area (Å²) in [5, 5.41) is 9.06. The Morgan fingerprint density at radius 1 is 1.44 bits per heavy atom. The molecule has 0 radical (unpaired) electrons. The predicted molar refractivity (Wildman–Crippen MR) is 68.7 cm³/mol. The molecule has 1 atom stereocenters. The van der Waals surface area contributed by atoms with Crippen molar-refractivity contribution in [1.29, 1.82) is 0 Å². The molecule has 0 aliphatic carbocycles. The van der Waals surface area contributed by atoms with E-state index in [0.29, 0.717) is 17.6 Å². The first-order valence-electron chi connectivity index (χ1n) is 6.18. The molecule has 2 heterocycles. The van der Waals surface area contributed by atoms with Crippen LogP contribution in [-0.4, -0.2) is 16.6 Å². The highest BCUT2D eigenvalue weighted by atomic mass is 16.4. The molecule has 3 rings (SSSR count). The van der Waals surface area contributed by atoms with Crippen molar-refractivity contribution < 1.29 is 9.52 Å². The van der Waals surface area contributed by atoms with Crippen LogP contribution in [0.5, 0.6) is 0 Å². The summed E-state index contributed by atoms with van der Waals surface area (Å²) in [4.78, 5) is 6.38. The summed E-state index contributed by atoms with van der Waals surface area (Å²) < 4.78 is 5.46. The second-order valence-electron chi connectivity index (χ2n) is 4.83. The highest BCUT2D eigenvalue weighted by Gasteiger charge is 2.25. The number of para-hydroxylation sites is 1. The van der Waals surface area contributed by atoms with Crippen LogP contribution < -0.4 is 4.90 Å². The van der Waals surface area contributed by atoms with E-state index < -0.39 is 0 Å². The van der Waals surface area contributed by atoms with E-state index in [9.17, 15) is 0 Å². The van der Waals surface area contributed by atoms with Crippen molar-refractivity contribution in [3.63, 3.8) is 0 Å². The summed E-state index contributed by atoms with van der Waals surface area (Å²) in [6.45, 7) is 3.02. The van der Waals surface area contributed by atoms with Crippen molar-refractivity contribution >= 4 is 11.7 Å². The Hall–Kier alpha value is -1.81. The minimum Gasteiger partial charge on any atom is -0.431 e. The van der Waals surface area contributed by atoms with Gasteiger partial charge >= 0.3 is 6.01 Å². The molecule has 1 aliphatic heterocycles. The molecule has 0 bridgehead atoms. The number of aromatic nitrogens is 1. The molecule has 0 spiro atoms. The molecule has 4 heteroatoms. The Morgan fingerprint density at radius 3 is 3.06 bits per heavy atom. The Labute approximate surface area is 106 Å². The normalized spacial score (nSPS) is 18.8. The number of rotatable bonds is 2. The maximum Gasteiger partial charge on any atom is 0.302 e. The molecule has 1 aliphatic rings. The smallest absolute Gasteiger partial charge is 0.302 e. The van der Waals surface area contributed by atoms with Gasteiger partial charge in [-0.25, -0.2) is 0 Å². The summed E-state index contributed by atoms with van der Waals surface area (Å²) in [7, 11) is 0. The Bertz CT molecular complexity index is 550. The second-order valence-corrected chi connectivity index (χ2v) is 4.83. The monoisotopic (exact) mass is 244 g/mol. The number of benzene rings is 1. The van der Waals surface area contributed by atoms with Gasteiger partial charge in [-0.15, -0.1) is 0 Å². The standard InChI is InChI=1S/C14H16N2O2/c1-10-6-11-4-2-3-5-13(11)16(7-10)14-15-12(8-17)9-18-14/h2-5,9-10,17H,6-8H2,1H3. The first-order valence-corrected chi connectivity index (χ1v) is 6.18. The first-order chi connectivity index (χ1) is 8.78. The van der Waals surface area contributed by atoms with Gasteiger partial charge in [-0.3, -0.25) is 4.90 Å². The third kappa shape index (κ3) is 1.88. The van der Waals surface area contributed by atoms with Crippen LogP contribution in [0.3, 0.4) is 0 Å². The topological polar surface area (TPSA) is 49.5 Å². The van der Waals surface area contributed by atoms with Crippen LogP contribution in [0.15, 0.2) is 34.9 Å². The van der Waals surface area contributed by atoms with Gasteiger partial charge in [0.15, 0.2) is 0 Å². The minimum absolute atomic E-state index is 0.0887. The van der Waals surface area contributed by atoms with E-state index in [-0.39, 0.29) is 6.61 Å². The largest absolute Gasteiger partial charge is 0.431 e. The molecule has 0 fully saturated rings. The molecule has 18 heavy (non-hydrogen) atoms. The van der Waals surface area contributed by atoms with Gasteiger partial charge in [0.25, 0.3) is 0 Å². The second kappa shape index (κ2) is 4.46. The van der Waals surface area contributed by atoms with Gasteiger partial charge < -0.3 is 9.52 Å². The Kier molecular flexibility index (Phi) is 2.80. The third-order valence-corrected chi connectivity index (χ3v) is 3.28. The predicted octanol–water partition coefficient (Wildman–Crippen LogP) is 2.50. The number of nitrogens with zero attached hydrogens (tertiary/aromatic N) is 2. The fraction of sp³-hybridized carbons (Fsp3) is 0.357. The number of aliphatic hydroxyl groups excluding tert-OH is 1. The SMILES string of the molecule is CC1Cc2ccccc2N(c2nc(CO)co2)C1. The van der Waals surface area contributed by atoms with E-state index in [4.69, 9.17) is 9.52 Å². The van der Waals surface area contributed by atoms with E-state index in [1.807, 2.05) is 6.07 Å². The van der Waals surface area contributed by atoms with Crippen LogP contribution in [0.1, 0.15) is 18.2 Å². The van der Waals surface area contributed by atoms with Crippen LogP contribution in [-0.2, 0) is 13.0 Å². The van der Waals surface area contributed by atoms with Crippen molar-refractivity contribution in [2.24, 2.45) is 5.92 Å². The van der Waals surface area contributed by atoms with Gasteiger partial charge in [-0.1, -0.05) is 25.1 Å². The lowest BCUT2D eigenvalue weighted by atomic mass is 9.94. The lowest BCUT2D eigenvalue weighted by molar-refractivity contribution is 0.276. The van der Waals surface area contributed by atoms with E-state index in [1.165, 1.54) is 11.8 Å². The zero-order valence-electron chi connectivity index (χ0n) is 10.3. The van der Waals surface area contributed by atoms with Crippen LogP contribution >= 0.6 is 0 Å². The molecular formula is C14H16N2O2. The zero-order valence-corrected chi connectivity index (χ0v) is 10.3. The quantitative estimate of drug-likeness (QED) is 0.881. The lowest BCUT2D eigenvalue weighted by Gasteiger charge is -2.31. The van der Waals surface area contributed by atoms with Crippen LogP contribution in [0.4, 0.5) is 11.7 Å². The maximum absolute atomic E-state index is 9.06. The number of aliphatic hydroxyl groups is 1. The number of oxazole rings is 1. The van der Waals surface area contributed by atoms with E-state index >= 15 is 0 Å². The molecule has 2 aromatic rings. The Balaban J connectivity index is 2.01. The first kappa shape index (κ1) is 11.3.